The van der Waals surface area contributed by atoms with Gasteiger partial charge in [-0.2, -0.15) is 0 Å². The summed E-state index contributed by atoms with van der Waals surface area (Å²) >= 11 is 0. The summed E-state index contributed by atoms with van der Waals surface area (Å²) in [6.45, 7) is 11.9. The van der Waals surface area contributed by atoms with Crippen LogP contribution in [0.15, 0.2) is 4.63 Å². The maximum Gasteiger partial charge on any atom is 0.274 e. The Bertz CT molecular complexity index is 590. The largest absolute Gasteiger partial charge is 0.359 e. The molecular weight excluding hydrogens is 232 g/mol. The third kappa shape index (κ3) is 1.91. The van der Waals surface area contributed by atoms with Crippen molar-refractivity contribution in [2.45, 2.75) is 52.4 Å². The molecule has 2 aromatic heterocycles. The normalized spacial score (nSPS) is 13.2. The van der Waals surface area contributed by atoms with E-state index in [0.29, 0.717) is 27.3 Å². The second-order valence-corrected chi connectivity index (χ2v) is 6.52. The minimum atomic E-state index is -0.292. The Morgan fingerprint density at radius 2 is 1.44 bits per heavy atom. The van der Waals surface area contributed by atoms with Crippen molar-refractivity contribution >= 4 is 11.0 Å². The minimum Gasteiger partial charge on any atom is -0.359 e. The topological polar surface area (TPSA) is 78.8 Å². The first-order valence-electron chi connectivity index (χ1n) is 5.89. The highest BCUT2D eigenvalue weighted by atomic mass is 16.8. The van der Waals surface area contributed by atoms with Crippen LogP contribution in [0, 0.1) is 5.21 Å². The lowest BCUT2D eigenvalue weighted by atomic mass is 9.87. The van der Waals surface area contributed by atoms with Gasteiger partial charge in [0.2, 0.25) is 0 Å². The predicted molar refractivity (Wildman–Crippen MR) is 66.0 cm³/mol. The van der Waals surface area contributed by atoms with Crippen LogP contribution in [-0.4, -0.2) is 15.4 Å². The quantitative estimate of drug-likeness (QED) is 0.667. The van der Waals surface area contributed by atoms with Crippen molar-refractivity contribution in [2.24, 2.45) is 0 Å². The lowest BCUT2D eigenvalue weighted by molar-refractivity contribution is -0.782. The van der Waals surface area contributed by atoms with Gasteiger partial charge in [0.1, 0.15) is 11.4 Å². The first-order valence-corrected chi connectivity index (χ1v) is 5.89. The standard InChI is InChI=1S/C12H18N4O2/c1-11(2,3)9-7-8(16(17)18-15-7)10(14-13-9)12(4,5)6/h1-6H3. The molecule has 98 valence electrons. The van der Waals surface area contributed by atoms with Gasteiger partial charge in [-0.05, 0) is 4.90 Å². The lowest BCUT2D eigenvalue weighted by Crippen LogP contribution is -2.29. The van der Waals surface area contributed by atoms with Crippen LogP contribution in [0.25, 0.3) is 11.0 Å². The molecule has 2 heterocycles. The SMILES string of the molecule is CC(C)(C)c1nnc(C(C)(C)C)c2c1no[n+]2[O-]. The Kier molecular flexibility index (Phi) is 2.57. The van der Waals surface area contributed by atoms with E-state index in [2.05, 4.69) is 15.4 Å². The van der Waals surface area contributed by atoms with E-state index in [9.17, 15) is 5.21 Å². The third-order valence-electron chi connectivity index (χ3n) is 2.73. The molecule has 0 aliphatic rings. The molecule has 0 amide bonds. The molecule has 0 N–H and O–H groups in total. The molecular formula is C12H18N4O2. The van der Waals surface area contributed by atoms with E-state index in [1.165, 1.54) is 0 Å². The third-order valence-corrected chi connectivity index (χ3v) is 2.73. The van der Waals surface area contributed by atoms with E-state index in [1.54, 1.807) is 0 Å². The molecule has 0 aromatic carbocycles. The zero-order valence-corrected chi connectivity index (χ0v) is 11.6. The van der Waals surface area contributed by atoms with Crippen LogP contribution in [0.2, 0.25) is 0 Å². The van der Waals surface area contributed by atoms with Crippen LogP contribution < -0.4 is 4.90 Å². The van der Waals surface area contributed by atoms with Crippen molar-refractivity contribution in [1.82, 2.24) is 15.4 Å². The highest BCUT2D eigenvalue weighted by molar-refractivity contribution is 5.76. The van der Waals surface area contributed by atoms with Crippen molar-refractivity contribution < 1.29 is 9.53 Å². The second-order valence-electron chi connectivity index (χ2n) is 6.52. The van der Waals surface area contributed by atoms with Gasteiger partial charge in [0.05, 0.1) is 0 Å². The minimum absolute atomic E-state index is 0.245. The van der Waals surface area contributed by atoms with Crippen LogP contribution in [0.1, 0.15) is 52.9 Å². The van der Waals surface area contributed by atoms with Crippen LogP contribution >= 0.6 is 0 Å². The summed E-state index contributed by atoms with van der Waals surface area (Å²) in [6, 6.07) is 0. The summed E-state index contributed by atoms with van der Waals surface area (Å²) in [6.07, 6.45) is 0. The first kappa shape index (κ1) is 12.7. The molecule has 0 atom stereocenters. The Labute approximate surface area is 106 Å². The highest BCUT2D eigenvalue weighted by Gasteiger charge is 2.32. The van der Waals surface area contributed by atoms with Crippen molar-refractivity contribution in [2.75, 3.05) is 0 Å². The molecule has 0 spiro atoms. The molecule has 0 aliphatic carbocycles. The number of rotatable bonds is 0. The fourth-order valence-corrected chi connectivity index (χ4v) is 1.81. The van der Waals surface area contributed by atoms with Gasteiger partial charge in [-0.3, -0.25) is 4.63 Å². The van der Waals surface area contributed by atoms with E-state index in [0.717, 1.165) is 0 Å². The Morgan fingerprint density at radius 3 is 1.94 bits per heavy atom. The monoisotopic (exact) mass is 250 g/mol. The first-order chi connectivity index (χ1) is 8.12. The fourth-order valence-electron chi connectivity index (χ4n) is 1.81. The van der Waals surface area contributed by atoms with Gasteiger partial charge in [-0.1, -0.05) is 41.5 Å². The number of nitrogens with zero attached hydrogens (tertiary/aromatic N) is 4. The average molecular weight is 250 g/mol. The van der Waals surface area contributed by atoms with Gasteiger partial charge in [0, 0.05) is 16.0 Å². The van der Waals surface area contributed by atoms with Gasteiger partial charge in [0.25, 0.3) is 11.0 Å². The van der Waals surface area contributed by atoms with Crippen molar-refractivity contribution in [3.05, 3.63) is 16.6 Å². The Morgan fingerprint density at radius 1 is 0.944 bits per heavy atom. The van der Waals surface area contributed by atoms with E-state index >= 15 is 0 Å². The van der Waals surface area contributed by atoms with Gasteiger partial charge in [0.15, 0.2) is 0 Å². The molecule has 18 heavy (non-hydrogen) atoms. The summed E-state index contributed by atoms with van der Waals surface area (Å²) in [5.41, 5.74) is 1.61. The highest BCUT2D eigenvalue weighted by Crippen LogP contribution is 2.30. The number of hydrogen-bond donors (Lipinski definition) is 0. The van der Waals surface area contributed by atoms with Crippen LogP contribution in [0.5, 0.6) is 0 Å². The number of fused-ring (bicyclic) bond motifs is 1. The summed E-state index contributed by atoms with van der Waals surface area (Å²) < 4.78 is 4.72. The fraction of sp³-hybridized carbons (Fsp3) is 0.667. The molecule has 0 unspecified atom stereocenters. The van der Waals surface area contributed by atoms with Crippen LogP contribution in [0.3, 0.4) is 0 Å². The van der Waals surface area contributed by atoms with E-state index in [4.69, 9.17) is 4.63 Å². The molecule has 2 aromatic rings. The summed E-state index contributed by atoms with van der Waals surface area (Å²) in [5.74, 6) is 0. The maximum absolute atomic E-state index is 11.7. The van der Waals surface area contributed by atoms with Crippen molar-refractivity contribution in [1.29, 1.82) is 0 Å². The van der Waals surface area contributed by atoms with Gasteiger partial charge in [-0.15, -0.1) is 10.2 Å². The van der Waals surface area contributed by atoms with Crippen molar-refractivity contribution in [3.8, 4) is 0 Å². The Balaban J connectivity index is 2.85. The maximum atomic E-state index is 11.7. The van der Waals surface area contributed by atoms with E-state index in [1.807, 2.05) is 41.5 Å². The molecule has 6 nitrogen and oxygen atoms in total. The number of aromatic nitrogens is 4. The summed E-state index contributed by atoms with van der Waals surface area (Å²) in [5, 5.41) is 24.0. The molecule has 0 saturated carbocycles. The Hall–Kier alpha value is -1.72. The van der Waals surface area contributed by atoms with E-state index in [-0.39, 0.29) is 10.8 Å². The van der Waals surface area contributed by atoms with Crippen molar-refractivity contribution in [3.63, 3.8) is 0 Å². The number of hydrogen-bond acceptors (Lipinski definition) is 5. The lowest BCUT2D eigenvalue weighted by Gasteiger charge is -2.19. The molecule has 0 radical (unpaired) electrons. The average Bonchev–Trinajstić information content (AvgIpc) is 2.57. The molecule has 0 aliphatic heterocycles. The summed E-state index contributed by atoms with van der Waals surface area (Å²) in [4.78, 5) is 0.417. The molecule has 0 bridgehead atoms. The van der Waals surface area contributed by atoms with Gasteiger partial charge >= 0.3 is 0 Å². The van der Waals surface area contributed by atoms with Gasteiger partial charge in [-0.25, -0.2) is 0 Å². The molecule has 0 saturated heterocycles. The van der Waals surface area contributed by atoms with Crippen LogP contribution in [-0.2, 0) is 10.8 Å². The molecule has 2 rings (SSSR count). The second kappa shape index (κ2) is 3.63. The smallest absolute Gasteiger partial charge is 0.274 e. The molecule has 0 fully saturated rings. The molecule has 6 heteroatoms. The van der Waals surface area contributed by atoms with Gasteiger partial charge < -0.3 is 5.21 Å². The van der Waals surface area contributed by atoms with E-state index < -0.39 is 0 Å². The zero-order chi connectivity index (χ0) is 13.7. The predicted octanol–water partition coefficient (Wildman–Crippen LogP) is 1.85. The van der Waals surface area contributed by atoms with Crippen LogP contribution in [0.4, 0.5) is 0 Å². The summed E-state index contributed by atoms with van der Waals surface area (Å²) in [7, 11) is 0. The zero-order valence-electron chi connectivity index (χ0n) is 11.6.